The van der Waals surface area contributed by atoms with Gasteiger partial charge in [-0.25, -0.2) is 4.98 Å². The second-order valence-electron chi connectivity index (χ2n) is 1.67. The zero-order chi connectivity index (χ0) is 6.69. The van der Waals surface area contributed by atoms with Crippen molar-refractivity contribution in [2.24, 2.45) is 0 Å². The summed E-state index contributed by atoms with van der Waals surface area (Å²) in [5, 5.41) is 0.773. The van der Waals surface area contributed by atoms with Crippen molar-refractivity contribution in [2.75, 3.05) is 5.75 Å². The number of aryl methyl sites for hydroxylation is 1. The van der Waals surface area contributed by atoms with Crippen LogP contribution < -0.4 is 0 Å². The zero-order valence-corrected chi connectivity index (χ0v) is 6.36. The number of hydrogen-bond acceptors (Lipinski definition) is 3. The molecule has 0 atom stereocenters. The van der Waals surface area contributed by atoms with Crippen molar-refractivity contribution in [1.82, 2.24) is 4.98 Å². The Hall–Kier alpha value is -0.440. The molecular weight excluding hydrogens is 134 g/mol. The van der Waals surface area contributed by atoms with Crippen LogP contribution in [0.2, 0.25) is 0 Å². The molecule has 0 radical (unpaired) electrons. The van der Waals surface area contributed by atoms with E-state index >= 15 is 0 Å². The molecule has 0 saturated carbocycles. The van der Waals surface area contributed by atoms with Crippen LogP contribution in [0.25, 0.3) is 0 Å². The minimum atomic E-state index is 0.773. The average molecular weight is 143 g/mol. The van der Waals surface area contributed by atoms with Gasteiger partial charge in [0.1, 0.15) is 5.76 Å². The lowest BCUT2D eigenvalue weighted by Crippen LogP contribution is -1.67. The monoisotopic (exact) mass is 143 g/mol. The molecule has 1 rings (SSSR count). The van der Waals surface area contributed by atoms with Crippen LogP contribution in [0, 0.1) is 6.92 Å². The average Bonchev–Trinajstić information content (AvgIpc) is 2.17. The summed E-state index contributed by atoms with van der Waals surface area (Å²) < 4.78 is 5.18. The molecule has 1 aromatic rings. The smallest absolute Gasteiger partial charge is 0.255 e. The number of oxazole rings is 1. The van der Waals surface area contributed by atoms with Gasteiger partial charge in [0, 0.05) is 0 Å². The minimum Gasteiger partial charge on any atom is -0.437 e. The lowest BCUT2D eigenvalue weighted by atomic mass is 10.6. The summed E-state index contributed by atoms with van der Waals surface area (Å²) in [6.07, 6.45) is 1.73. The topological polar surface area (TPSA) is 26.0 Å². The Morgan fingerprint density at radius 3 is 3.00 bits per heavy atom. The molecule has 0 fully saturated rings. The van der Waals surface area contributed by atoms with Gasteiger partial charge >= 0.3 is 0 Å². The molecule has 0 aliphatic carbocycles. The standard InChI is InChI=1S/C6H9NOS/c1-3-9-6-7-4-5(2)8-6/h4H,3H2,1-2H3. The largest absolute Gasteiger partial charge is 0.437 e. The van der Waals surface area contributed by atoms with Gasteiger partial charge in [0.15, 0.2) is 0 Å². The Balaban J connectivity index is 2.61. The number of hydrogen-bond donors (Lipinski definition) is 0. The maximum atomic E-state index is 5.18. The first-order valence-electron chi connectivity index (χ1n) is 2.88. The Morgan fingerprint density at radius 2 is 2.56 bits per heavy atom. The quantitative estimate of drug-likeness (QED) is 0.593. The van der Waals surface area contributed by atoms with Gasteiger partial charge in [-0.15, -0.1) is 0 Å². The van der Waals surface area contributed by atoms with Crippen molar-refractivity contribution < 1.29 is 4.42 Å². The van der Waals surface area contributed by atoms with Gasteiger partial charge in [0.05, 0.1) is 6.20 Å². The summed E-state index contributed by atoms with van der Waals surface area (Å²) >= 11 is 1.62. The number of rotatable bonds is 2. The van der Waals surface area contributed by atoms with Crippen molar-refractivity contribution in [3.63, 3.8) is 0 Å². The number of aromatic nitrogens is 1. The molecule has 0 spiro atoms. The lowest BCUT2D eigenvalue weighted by molar-refractivity contribution is 0.431. The molecule has 1 aromatic heterocycles. The van der Waals surface area contributed by atoms with Crippen LogP contribution in [-0.4, -0.2) is 10.7 Å². The van der Waals surface area contributed by atoms with E-state index < -0.39 is 0 Å². The first-order valence-corrected chi connectivity index (χ1v) is 3.86. The molecule has 9 heavy (non-hydrogen) atoms. The molecule has 1 heterocycles. The van der Waals surface area contributed by atoms with Crippen molar-refractivity contribution in [3.05, 3.63) is 12.0 Å². The fourth-order valence-corrected chi connectivity index (χ4v) is 1.09. The Kier molecular flexibility index (Phi) is 2.16. The molecule has 50 valence electrons. The van der Waals surface area contributed by atoms with Gasteiger partial charge in [0.2, 0.25) is 0 Å². The maximum absolute atomic E-state index is 5.18. The van der Waals surface area contributed by atoms with E-state index in [0.29, 0.717) is 0 Å². The van der Waals surface area contributed by atoms with E-state index in [9.17, 15) is 0 Å². The summed E-state index contributed by atoms with van der Waals surface area (Å²) in [5.74, 6) is 1.89. The minimum absolute atomic E-state index is 0.773. The van der Waals surface area contributed by atoms with E-state index in [2.05, 4.69) is 11.9 Å². The molecule has 0 aliphatic heterocycles. The number of thioether (sulfide) groups is 1. The van der Waals surface area contributed by atoms with Crippen LogP contribution in [0.3, 0.4) is 0 Å². The second kappa shape index (κ2) is 2.92. The molecule has 0 saturated heterocycles. The Bertz CT molecular complexity index is 185. The first kappa shape index (κ1) is 6.68. The van der Waals surface area contributed by atoms with E-state index in [1.807, 2.05) is 6.92 Å². The van der Waals surface area contributed by atoms with Crippen LogP contribution in [-0.2, 0) is 0 Å². The molecule has 0 bridgehead atoms. The molecule has 0 aliphatic rings. The van der Waals surface area contributed by atoms with Gasteiger partial charge in [0.25, 0.3) is 5.22 Å². The van der Waals surface area contributed by atoms with Crippen LogP contribution >= 0.6 is 11.8 Å². The zero-order valence-electron chi connectivity index (χ0n) is 5.55. The third kappa shape index (κ3) is 1.75. The highest BCUT2D eigenvalue weighted by molar-refractivity contribution is 7.99. The van der Waals surface area contributed by atoms with E-state index in [4.69, 9.17) is 4.42 Å². The maximum Gasteiger partial charge on any atom is 0.255 e. The third-order valence-corrected chi connectivity index (χ3v) is 1.59. The third-order valence-electron chi connectivity index (χ3n) is 0.868. The van der Waals surface area contributed by atoms with E-state index in [1.165, 1.54) is 0 Å². The summed E-state index contributed by atoms with van der Waals surface area (Å²) in [5.41, 5.74) is 0. The van der Waals surface area contributed by atoms with Crippen molar-refractivity contribution in [3.8, 4) is 0 Å². The van der Waals surface area contributed by atoms with Gasteiger partial charge < -0.3 is 4.42 Å². The van der Waals surface area contributed by atoms with Gasteiger partial charge in [-0.05, 0) is 12.7 Å². The van der Waals surface area contributed by atoms with Gasteiger partial charge in [-0.3, -0.25) is 0 Å². The highest BCUT2D eigenvalue weighted by Gasteiger charge is 1.96. The van der Waals surface area contributed by atoms with Crippen LogP contribution in [0.15, 0.2) is 15.8 Å². The normalized spacial score (nSPS) is 10.0. The molecule has 3 heteroatoms. The van der Waals surface area contributed by atoms with Crippen LogP contribution in [0.1, 0.15) is 12.7 Å². The van der Waals surface area contributed by atoms with E-state index in [0.717, 1.165) is 16.7 Å². The highest BCUT2D eigenvalue weighted by Crippen LogP contribution is 2.15. The first-order chi connectivity index (χ1) is 4.33. The van der Waals surface area contributed by atoms with E-state index in [-0.39, 0.29) is 0 Å². The van der Waals surface area contributed by atoms with Crippen molar-refractivity contribution in [1.29, 1.82) is 0 Å². The lowest BCUT2D eigenvalue weighted by Gasteiger charge is -1.85. The van der Waals surface area contributed by atoms with Crippen molar-refractivity contribution >= 4 is 11.8 Å². The molecule has 0 amide bonds. The summed E-state index contributed by atoms with van der Waals surface area (Å²) in [6.45, 7) is 3.97. The SMILES string of the molecule is CCSc1ncc(C)o1. The van der Waals surface area contributed by atoms with Crippen molar-refractivity contribution in [2.45, 2.75) is 19.1 Å². The fourth-order valence-electron chi connectivity index (χ4n) is 0.524. The molecule has 0 aromatic carbocycles. The summed E-state index contributed by atoms with van der Waals surface area (Å²) in [4.78, 5) is 4.00. The molecule has 0 unspecified atom stereocenters. The Labute approximate surface area is 58.7 Å². The molecular formula is C6H9NOS. The second-order valence-corrected chi connectivity index (χ2v) is 2.89. The number of nitrogens with zero attached hydrogens (tertiary/aromatic N) is 1. The summed E-state index contributed by atoms with van der Waals surface area (Å²) in [7, 11) is 0. The van der Waals surface area contributed by atoms with Crippen LogP contribution in [0.4, 0.5) is 0 Å². The predicted octanol–water partition coefficient (Wildman–Crippen LogP) is 2.10. The molecule has 0 N–H and O–H groups in total. The van der Waals surface area contributed by atoms with E-state index in [1.54, 1.807) is 18.0 Å². The van der Waals surface area contributed by atoms with Gasteiger partial charge in [-0.1, -0.05) is 18.7 Å². The predicted molar refractivity (Wildman–Crippen MR) is 37.6 cm³/mol. The Morgan fingerprint density at radius 1 is 1.78 bits per heavy atom. The highest BCUT2D eigenvalue weighted by atomic mass is 32.2. The molecule has 2 nitrogen and oxygen atoms in total. The van der Waals surface area contributed by atoms with Crippen LogP contribution in [0.5, 0.6) is 0 Å². The van der Waals surface area contributed by atoms with Gasteiger partial charge in [-0.2, -0.15) is 0 Å². The fraction of sp³-hybridized carbons (Fsp3) is 0.500. The summed E-state index contributed by atoms with van der Waals surface area (Å²) in [6, 6.07) is 0.